The smallest absolute Gasteiger partial charge is 0.140 e. The van der Waals surface area contributed by atoms with Gasteiger partial charge in [-0.3, -0.25) is 0 Å². The minimum absolute atomic E-state index is 0.0389. The standard InChI is InChI=1S/C15H12ClFN2O/c1-20-15-5-3-12(7-13(15)16)19-9-10-2-4-14(17)11(6-10)8-18/h2-7,19H,9H2,1H3. The highest BCUT2D eigenvalue weighted by Crippen LogP contribution is 2.27. The summed E-state index contributed by atoms with van der Waals surface area (Å²) >= 11 is 6.02. The summed E-state index contributed by atoms with van der Waals surface area (Å²) in [7, 11) is 1.55. The lowest BCUT2D eigenvalue weighted by Gasteiger charge is -2.09. The Bertz CT molecular complexity index is 667. The number of benzene rings is 2. The first-order valence-electron chi connectivity index (χ1n) is 5.90. The SMILES string of the molecule is COc1ccc(NCc2ccc(F)c(C#N)c2)cc1Cl. The van der Waals surface area contributed by atoms with E-state index in [1.807, 2.05) is 12.1 Å². The average molecular weight is 291 g/mol. The van der Waals surface area contributed by atoms with Gasteiger partial charge in [-0.15, -0.1) is 0 Å². The predicted molar refractivity (Wildman–Crippen MR) is 76.4 cm³/mol. The second kappa shape index (κ2) is 6.27. The third-order valence-corrected chi connectivity index (χ3v) is 3.10. The van der Waals surface area contributed by atoms with E-state index < -0.39 is 5.82 Å². The molecule has 0 aromatic heterocycles. The molecule has 2 aromatic rings. The molecular weight excluding hydrogens is 279 g/mol. The minimum Gasteiger partial charge on any atom is -0.495 e. The normalized spacial score (nSPS) is 9.90. The fraction of sp³-hybridized carbons (Fsp3) is 0.133. The van der Waals surface area contributed by atoms with Crippen LogP contribution < -0.4 is 10.1 Å². The molecule has 0 saturated heterocycles. The van der Waals surface area contributed by atoms with E-state index in [4.69, 9.17) is 21.6 Å². The van der Waals surface area contributed by atoms with Crippen molar-refractivity contribution >= 4 is 17.3 Å². The molecular formula is C15H12ClFN2O. The van der Waals surface area contributed by atoms with Crippen LogP contribution in [0.5, 0.6) is 5.75 Å². The molecule has 0 bridgehead atoms. The van der Waals surface area contributed by atoms with Crippen LogP contribution in [0.15, 0.2) is 36.4 Å². The first kappa shape index (κ1) is 14.2. The summed E-state index contributed by atoms with van der Waals surface area (Å²) < 4.78 is 18.3. The second-order valence-electron chi connectivity index (χ2n) is 4.13. The van der Waals surface area contributed by atoms with Crippen LogP contribution in [0.3, 0.4) is 0 Å². The first-order valence-corrected chi connectivity index (χ1v) is 6.28. The van der Waals surface area contributed by atoms with Crippen molar-refractivity contribution in [2.75, 3.05) is 12.4 Å². The second-order valence-corrected chi connectivity index (χ2v) is 4.54. The summed E-state index contributed by atoms with van der Waals surface area (Å²) in [6, 6.07) is 11.6. The van der Waals surface area contributed by atoms with E-state index in [1.54, 1.807) is 25.3 Å². The van der Waals surface area contributed by atoms with Crippen LogP contribution in [0.2, 0.25) is 5.02 Å². The monoisotopic (exact) mass is 290 g/mol. The number of nitrogens with one attached hydrogen (secondary N) is 1. The number of nitrogens with zero attached hydrogens (tertiary/aromatic N) is 1. The molecule has 0 spiro atoms. The van der Waals surface area contributed by atoms with Crippen molar-refractivity contribution in [2.45, 2.75) is 6.54 Å². The van der Waals surface area contributed by atoms with Crippen molar-refractivity contribution < 1.29 is 9.13 Å². The fourth-order valence-corrected chi connectivity index (χ4v) is 2.01. The van der Waals surface area contributed by atoms with Crippen molar-refractivity contribution in [3.8, 4) is 11.8 Å². The van der Waals surface area contributed by atoms with Gasteiger partial charge in [0.15, 0.2) is 0 Å². The van der Waals surface area contributed by atoms with E-state index >= 15 is 0 Å². The maximum atomic E-state index is 13.2. The molecule has 102 valence electrons. The highest BCUT2D eigenvalue weighted by Gasteiger charge is 2.04. The number of rotatable bonds is 4. The van der Waals surface area contributed by atoms with E-state index in [-0.39, 0.29) is 5.56 Å². The van der Waals surface area contributed by atoms with Gasteiger partial charge in [0.05, 0.1) is 17.7 Å². The van der Waals surface area contributed by atoms with E-state index in [0.29, 0.717) is 17.3 Å². The van der Waals surface area contributed by atoms with Gasteiger partial charge in [-0.05, 0) is 35.9 Å². The van der Waals surface area contributed by atoms with E-state index in [1.165, 1.54) is 12.1 Å². The van der Waals surface area contributed by atoms with Crippen LogP contribution in [0, 0.1) is 17.1 Å². The molecule has 0 aliphatic heterocycles. The molecule has 0 saturated carbocycles. The van der Waals surface area contributed by atoms with E-state index in [0.717, 1.165) is 11.3 Å². The molecule has 2 rings (SSSR count). The molecule has 0 amide bonds. The Morgan fingerprint density at radius 2 is 2.10 bits per heavy atom. The summed E-state index contributed by atoms with van der Waals surface area (Å²) in [5.41, 5.74) is 1.67. The van der Waals surface area contributed by atoms with Crippen LogP contribution in [0.25, 0.3) is 0 Å². The summed E-state index contributed by atoms with van der Waals surface area (Å²) in [5.74, 6) is 0.0921. The van der Waals surface area contributed by atoms with Crippen molar-refractivity contribution in [1.29, 1.82) is 5.26 Å². The molecule has 2 aromatic carbocycles. The van der Waals surface area contributed by atoms with Gasteiger partial charge in [0, 0.05) is 12.2 Å². The van der Waals surface area contributed by atoms with Gasteiger partial charge in [-0.2, -0.15) is 5.26 Å². The zero-order valence-corrected chi connectivity index (χ0v) is 11.5. The molecule has 0 heterocycles. The van der Waals surface area contributed by atoms with E-state index in [9.17, 15) is 4.39 Å². The van der Waals surface area contributed by atoms with Gasteiger partial charge < -0.3 is 10.1 Å². The number of hydrogen-bond acceptors (Lipinski definition) is 3. The number of methoxy groups -OCH3 is 1. The summed E-state index contributed by atoms with van der Waals surface area (Å²) in [6.07, 6.45) is 0. The molecule has 0 unspecified atom stereocenters. The van der Waals surface area contributed by atoms with Gasteiger partial charge in [-0.25, -0.2) is 4.39 Å². The topological polar surface area (TPSA) is 45.0 Å². The Morgan fingerprint density at radius 3 is 2.75 bits per heavy atom. The Morgan fingerprint density at radius 1 is 1.30 bits per heavy atom. The third kappa shape index (κ3) is 3.19. The fourth-order valence-electron chi connectivity index (χ4n) is 1.75. The van der Waals surface area contributed by atoms with Crippen LogP contribution in [0.1, 0.15) is 11.1 Å². The Balaban J connectivity index is 2.09. The van der Waals surface area contributed by atoms with Gasteiger partial charge in [0.2, 0.25) is 0 Å². The number of ether oxygens (including phenoxy) is 1. The zero-order valence-electron chi connectivity index (χ0n) is 10.8. The van der Waals surface area contributed by atoms with Crippen LogP contribution in [0.4, 0.5) is 10.1 Å². The molecule has 5 heteroatoms. The molecule has 0 aliphatic carbocycles. The summed E-state index contributed by atoms with van der Waals surface area (Å²) in [5, 5.41) is 12.4. The molecule has 0 aliphatic rings. The van der Waals surface area contributed by atoms with Gasteiger partial charge in [-0.1, -0.05) is 17.7 Å². The quantitative estimate of drug-likeness (QED) is 0.926. The lowest BCUT2D eigenvalue weighted by molar-refractivity contribution is 0.415. The Kier molecular flexibility index (Phi) is 4.44. The van der Waals surface area contributed by atoms with Crippen LogP contribution >= 0.6 is 11.6 Å². The van der Waals surface area contributed by atoms with E-state index in [2.05, 4.69) is 5.32 Å². The van der Waals surface area contributed by atoms with Crippen molar-refractivity contribution in [3.05, 3.63) is 58.4 Å². The maximum absolute atomic E-state index is 13.2. The maximum Gasteiger partial charge on any atom is 0.140 e. The number of nitriles is 1. The third-order valence-electron chi connectivity index (χ3n) is 2.80. The molecule has 0 atom stereocenters. The number of anilines is 1. The van der Waals surface area contributed by atoms with Gasteiger partial charge in [0.1, 0.15) is 17.6 Å². The average Bonchev–Trinajstić information content (AvgIpc) is 2.46. The summed E-state index contributed by atoms with van der Waals surface area (Å²) in [6.45, 7) is 0.470. The lowest BCUT2D eigenvalue weighted by atomic mass is 10.1. The zero-order chi connectivity index (χ0) is 14.5. The summed E-state index contributed by atoms with van der Waals surface area (Å²) in [4.78, 5) is 0. The molecule has 0 radical (unpaired) electrons. The highest BCUT2D eigenvalue weighted by molar-refractivity contribution is 6.32. The van der Waals surface area contributed by atoms with Crippen LogP contribution in [-0.4, -0.2) is 7.11 Å². The Labute approximate surface area is 121 Å². The van der Waals surface area contributed by atoms with Crippen molar-refractivity contribution in [2.24, 2.45) is 0 Å². The van der Waals surface area contributed by atoms with Crippen molar-refractivity contribution in [3.63, 3.8) is 0 Å². The molecule has 20 heavy (non-hydrogen) atoms. The highest BCUT2D eigenvalue weighted by atomic mass is 35.5. The molecule has 1 N–H and O–H groups in total. The molecule has 3 nitrogen and oxygen atoms in total. The minimum atomic E-state index is -0.510. The Hall–Kier alpha value is -2.25. The number of hydrogen-bond donors (Lipinski definition) is 1. The van der Waals surface area contributed by atoms with Gasteiger partial charge in [0.25, 0.3) is 0 Å². The van der Waals surface area contributed by atoms with Crippen LogP contribution in [-0.2, 0) is 6.54 Å². The van der Waals surface area contributed by atoms with Gasteiger partial charge >= 0.3 is 0 Å². The van der Waals surface area contributed by atoms with Crippen molar-refractivity contribution in [1.82, 2.24) is 0 Å². The molecule has 0 fully saturated rings. The number of halogens is 2. The predicted octanol–water partition coefficient (Wildman–Crippen LogP) is 3.97. The largest absolute Gasteiger partial charge is 0.495 e. The first-order chi connectivity index (χ1) is 9.63. The lowest BCUT2D eigenvalue weighted by Crippen LogP contribution is -2.00.